The van der Waals surface area contributed by atoms with E-state index in [0.717, 1.165) is 9.87 Å². The van der Waals surface area contributed by atoms with Crippen molar-refractivity contribution in [2.24, 2.45) is 0 Å². The summed E-state index contributed by atoms with van der Waals surface area (Å²) < 4.78 is 26.3. The minimum absolute atomic E-state index is 0.165. The Balaban J connectivity index is 3.21. The highest BCUT2D eigenvalue weighted by atomic mass is 32.2. The summed E-state index contributed by atoms with van der Waals surface area (Å²) >= 11 is 0. The lowest BCUT2D eigenvalue weighted by atomic mass is 10.1. The number of benzene rings is 1. The fraction of sp³-hybridized carbons (Fsp3) is 0.500. The van der Waals surface area contributed by atoms with Crippen molar-refractivity contribution >= 4 is 15.9 Å². The molecule has 0 aromatic heterocycles. The Kier molecular flexibility index (Phi) is 4.94. The first kappa shape index (κ1) is 16.7. The first-order valence-electron chi connectivity index (χ1n) is 6.31. The summed E-state index contributed by atoms with van der Waals surface area (Å²) in [6.45, 7) is 5.31. The van der Waals surface area contributed by atoms with E-state index in [9.17, 15) is 13.2 Å². The van der Waals surface area contributed by atoms with Gasteiger partial charge in [-0.3, -0.25) is 4.79 Å². The average molecular weight is 298 g/mol. The molecule has 5 nitrogen and oxygen atoms in total. The van der Waals surface area contributed by atoms with Gasteiger partial charge in [-0.1, -0.05) is 17.7 Å². The fourth-order valence-electron chi connectivity index (χ4n) is 2.15. The quantitative estimate of drug-likeness (QED) is 0.842. The first-order valence-corrected chi connectivity index (χ1v) is 7.75. The van der Waals surface area contributed by atoms with Crippen LogP contribution >= 0.6 is 0 Å². The lowest BCUT2D eigenvalue weighted by molar-refractivity contribution is -0.128. The second kappa shape index (κ2) is 5.93. The van der Waals surface area contributed by atoms with Gasteiger partial charge in [0, 0.05) is 21.1 Å². The highest BCUT2D eigenvalue weighted by molar-refractivity contribution is 7.89. The number of nitrogens with zero attached hydrogens (tertiary/aromatic N) is 2. The Bertz CT molecular complexity index is 598. The Morgan fingerprint density at radius 2 is 1.50 bits per heavy atom. The van der Waals surface area contributed by atoms with E-state index in [0.29, 0.717) is 11.1 Å². The van der Waals surface area contributed by atoms with Crippen molar-refractivity contribution in [3.8, 4) is 0 Å². The minimum atomic E-state index is -3.66. The zero-order chi connectivity index (χ0) is 15.7. The zero-order valence-corrected chi connectivity index (χ0v) is 13.7. The molecule has 20 heavy (non-hydrogen) atoms. The van der Waals surface area contributed by atoms with E-state index in [1.54, 1.807) is 27.9 Å². The van der Waals surface area contributed by atoms with Crippen LogP contribution in [0.25, 0.3) is 0 Å². The molecule has 1 aromatic rings. The predicted molar refractivity (Wildman–Crippen MR) is 79.2 cm³/mol. The maximum atomic E-state index is 12.6. The van der Waals surface area contributed by atoms with Crippen molar-refractivity contribution in [1.29, 1.82) is 0 Å². The molecule has 0 saturated heterocycles. The van der Waals surface area contributed by atoms with Gasteiger partial charge in [-0.2, -0.15) is 4.31 Å². The van der Waals surface area contributed by atoms with Gasteiger partial charge in [0.05, 0.1) is 11.4 Å². The second-order valence-corrected chi connectivity index (χ2v) is 7.26. The number of carbonyl (C=O) groups excluding carboxylic acids is 1. The molecule has 0 unspecified atom stereocenters. The molecule has 0 bridgehead atoms. The van der Waals surface area contributed by atoms with Crippen molar-refractivity contribution in [2.75, 3.05) is 27.7 Å². The number of aryl methyl sites for hydroxylation is 3. The van der Waals surface area contributed by atoms with E-state index in [1.807, 2.05) is 19.1 Å². The SMILES string of the molecule is Cc1cc(C)c(S(=O)(=O)N(C)CC(=O)N(C)C)c(C)c1. The number of hydrogen-bond acceptors (Lipinski definition) is 3. The van der Waals surface area contributed by atoms with Gasteiger partial charge in [0.2, 0.25) is 15.9 Å². The largest absolute Gasteiger partial charge is 0.348 e. The van der Waals surface area contributed by atoms with E-state index >= 15 is 0 Å². The van der Waals surface area contributed by atoms with Crippen LogP contribution in [0.4, 0.5) is 0 Å². The van der Waals surface area contributed by atoms with E-state index in [4.69, 9.17) is 0 Å². The lowest BCUT2D eigenvalue weighted by Crippen LogP contribution is -2.38. The normalized spacial score (nSPS) is 11.8. The fourth-order valence-corrected chi connectivity index (χ4v) is 3.67. The third-order valence-corrected chi connectivity index (χ3v) is 5.24. The molecule has 0 saturated carbocycles. The van der Waals surface area contributed by atoms with Crippen LogP contribution in [0.3, 0.4) is 0 Å². The Morgan fingerprint density at radius 3 is 1.90 bits per heavy atom. The van der Waals surface area contributed by atoms with Gasteiger partial charge < -0.3 is 4.90 Å². The molecular formula is C14H22N2O3S. The molecule has 0 N–H and O–H groups in total. The standard InChI is InChI=1S/C14H22N2O3S/c1-10-7-11(2)14(12(3)8-10)20(18,19)16(6)9-13(17)15(4)5/h7-8H,9H2,1-6H3. The molecule has 112 valence electrons. The number of likely N-dealkylation sites (N-methyl/N-ethyl adjacent to an activating group) is 2. The Labute approximate surface area is 121 Å². The van der Waals surface area contributed by atoms with Crippen LogP contribution in [0.2, 0.25) is 0 Å². The molecule has 1 aromatic carbocycles. The smallest absolute Gasteiger partial charge is 0.243 e. The molecule has 0 fully saturated rings. The van der Waals surface area contributed by atoms with Crippen LogP contribution in [-0.2, 0) is 14.8 Å². The number of sulfonamides is 1. The number of carbonyl (C=O) groups is 1. The van der Waals surface area contributed by atoms with Crippen LogP contribution in [0.15, 0.2) is 17.0 Å². The summed E-state index contributed by atoms with van der Waals surface area (Å²) in [6, 6.07) is 3.67. The van der Waals surface area contributed by atoms with Gasteiger partial charge in [-0.25, -0.2) is 8.42 Å². The van der Waals surface area contributed by atoms with Crippen molar-refractivity contribution in [3.05, 3.63) is 28.8 Å². The second-order valence-electron chi connectivity index (χ2n) is 5.28. The average Bonchev–Trinajstić information content (AvgIpc) is 2.26. The lowest BCUT2D eigenvalue weighted by Gasteiger charge is -2.21. The summed E-state index contributed by atoms with van der Waals surface area (Å²) in [5.41, 5.74) is 2.42. The van der Waals surface area contributed by atoms with E-state index in [2.05, 4.69) is 0 Å². The van der Waals surface area contributed by atoms with E-state index in [-0.39, 0.29) is 17.3 Å². The third-order valence-electron chi connectivity index (χ3n) is 3.13. The highest BCUT2D eigenvalue weighted by Gasteiger charge is 2.26. The van der Waals surface area contributed by atoms with Gasteiger partial charge in [0.15, 0.2) is 0 Å². The monoisotopic (exact) mass is 298 g/mol. The summed E-state index contributed by atoms with van der Waals surface area (Å²) in [5.74, 6) is -0.251. The van der Waals surface area contributed by atoms with Gasteiger partial charge in [-0.15, -0.1) is 0 Å². The van der Waals surface area contributed by atoms with Crippen LogP contribution in [0.5, 0.6) is 0 Å². The maximum Gasteiger partial charge on any atom is 0.243 e. The van der Waals surface area contributed by atoms with Crippen LogP contribution in [0, 0.1) is 20.8 Å². The zero-order valence-electron chi connectivity index (χ0n) is 12.9. The first-order chi connectivity index (χ1) is 9.07. The third kappa shape index (κ3) is 3.37. The topological polar surface area (TPSA) is 57.7 Å². The molecule has 1 amide bonds. The summed E-state index contributed by atoms with van der Waals surface area (Å²) in [5, 5.41) is 0. The summed E-state index contributed by atoms with van der Waals surface area (Å²) in [7, 11) is 0.971. The number of amides is 1. The van der Waals surface area contributed by atoms with Crippen molar-refractivity contribution in [3.63, 3.8) is 0 Å². The van der Waals surface area contributed by atoms with Gasteiger partial charge in [0.1, 0.15) is 0 Å². The molecule has 0 aliphatic rings. The van der Waals surface area contributed by atoms with Gasteiger partial charge in [-0.05, 0) is 31.9 Å². The number of rotatable bonds is 4. The number of hydrogen-bond donors (Lipinski definition) is 0. The van der Waals surface area contributed by atoms with Crippen molar-refractivity contribution in [2.45, 2.75) is 25.7 Å². The van der Waals surface area contributed by atoms with Crippen LogP contribution in [-0.4, -0.2) is 51.2 Å². The molecule has 0 aliphatic heterocycles. The maximum absolute atomic E-state index is 12.6. The van der Waals surface area contributed by atoms with E-state index < -0.39 is 10.0 Å². The van der Waals surface area contributed by atoms with Crippen LogP contribution < -0.4 is 0 Å². The molecule has 0 heterocycles. The molecule has 0 aliphatic carbocycles. The molecule has 0 spiro atoms. The molecule has 0 atom stereocenters. The summed E-state index contributed by atoms with van der Waals surface area (Å²) in [4.78, 5) is 13.3. The van der Waals surface area contributed by atoms with E-state index in [1.165, 1.54) is 11.9 Å². The summed E-state index contributed by atoms with van der Waals surface area (Å²) in [6.07, 6.45) is 0. The molecule has 6 heteroatoms. The molecule has 1 rings (SSSR count). The minimum Gasteiger partial charge on any atom is -0.348 e. The Hall–Kier alpha value is -1.40. The molecule has 0 radical (unpaired) electrons. The Morgan fingerprint density at radius 1 is 1.05 bits per heavy atom. The highest BCUT2D eigenvalue weighted by Crippen LogP contribution is 2.24. The molecular weight excluding hydrogens is 276 g/mol. The van der Waals surface area contributed by atoms with Gasteiger partial charge in [0.25, 0.3) is 0 Å². The van der Waals surface area contributed by atoms with Crippen molar-refractivity contribution < 1.29 is 13.2 Å². The predicted octanol–water partition coefficient (Wildman–Crippen LogP) is 1.32. The van der Waals surface area contributed by atoms with Gasteiger partial charge >= 0.3 is 0 Å². The van der Waals surface area contributed by atoms with Crippen molar-refractivity contribution in [1.82, 2.24) is 9.21 Å². The van der Waals surface area contributed by atoms with Crippen LogP contribution in [0.1, 0.15) is 16.7 Å².